The van der Waals surface area contributed by atoms with Gasteiger partial charge in [0.05, 0.1) is 11.1 Å². The second-order valence-electron chi connectivity index (χ2n) is 6.61. The van der Waals surface area contributed by atoms with Crippen LogP contribution in [0.25, 0.3) is 10.9 Å². The van der Waals surface area contributed by atoms with Crippen LogP contribution in [-0.4, -0.2) is 36.0 Å². The summed E-state index contributed by atoms with van der Waals surface area (Å²) in [4.78, 5) is 41.0. The number of amides is 3. The summed E-state index contributed by atoms with van der Waals surface area (Å²) >= 11 is 0. The van der Waals surface area contributed by atoms with E-state index in [4.69, 9.17) is 9.72 Å². The second kappa shape index (κ2) is 9.12. The lowest BCUT2D eigenvalue weighted by Crippen LogP contribution is -2.41. The highest BCUT2D eigenvalue weighted by atomic mass is 16.5. The Morgan fingerprint density at radius 2 is 1.93 bits per heavy atom. The van der Waals surface area contributed by atoms with Gasteiger partial charge in [0.15, 0.2) is 6.61 Å². The Hall–Kier alpha value is -3.22. The molecule has 1 aromatic carbocycles. The van der Waals surface area contributed by atoms with E-state index < -0.39 is 24.5 Å². The van der Waals surface area contributed by atoms with E-state index in [2.05, 4.69) is 17.2 Å². The average Bonchev–Trinajstić information content (AvgIpc) is 2.93. The zero-order valence-electron chi connectivity index (χ0n) is 15.6. The van der Waals surface area contributed by atoms with Crippen molar-refractivity contribution in [1.29, 1.82) is 0 Å². The van der Waals surface area contributed by atoms with Gasteiger partial charge in [-0.25, -0.2) is 9.59 Å². The summed E-state index contributed by atoms with van der Waals surface area (Å²) in [7, 11) is 0. The first-order chi connectivity index (χ1) is 13.6. The molecular formula is C21H23N3O4. The number of carbonyl (C=O) groups excluding carboxylic acids is 3. The number of nitrogens with zero attached hydrogens (tertiary/aromatic N) is 1. The number of aromatic nitrogens is 1. The van der Waals surface area contributed by atoms with Gasteiger partial charge in [-0.1, -0.05) is 30.7 Å². The summed E-state index contributed by atoms with van der Waals surface area (Å²) < 4.78 is 5.23. The van der Waals surface area contributed by atoms with Gasteiger partial charge in [0.1, 0.15) is 0 Å². The van der Waals surface area contributed by atoms with Crippen LogP contribution in [-0.2, 0) is 22.4 Å². The van der Waals surface area contributed by atoms with E-state index in [9.17, 15) is 14.4 Å². The number of pyridine rings is 1. The molecule has 2 aromatic rings. The molecule has 7 nitrogen and oxygen atoms in total. The van der Waals surface area contributed by atoms with Gasteiger partial charge < -0.3 is 10.1 Å². The molecule has 1 aliphatic rings. The maximum Gasteiger partial charge on any atom is 0.339 e. The van der Waals surface area contributed by atoms with Crippen molar-refractivity contribution >= 4 is 28.8 Å². The number of urea groups is 1. The van der Waals surface area contributed by atoms with Crippen LogP contribution >= 0.6 is 0 Å². The number of hydrogen-bond donors (Lipinski definition) is 2. The molecule has 0 atom stereocenters. The fourth-order valence-electron chi connectivity index (χ4n) is 3.36. The molecule has 0 radical (unpaired) electrons. The smallest absolute Gasteiger partial charge is 0.339 e. The summed E-state index contributed by atoms with van der Waals surface area (Å²) in [6, 6.07) is 6.77. The standard InChI is InChI=1S/C21H23N3O4/c1-2-12-22-21(27)24-18(25)13-28-20(26)19-14-8-4-3-5-10-16(14)23-17-11-7-6-9-15(17)19/h2,6-7,9,11H,1,3-5,8,10,12-13H2,(H2,22,24,25,27). The quantitative estimate of drug-likeness (QED) is 0.471. The molecule has 2 N–H and O–H groups in total. The predicted octanol–water partition coefficient (Wildman–Crippen LogP) is 2.67. The zero-order valence-corrected chi connectivity index (χ0v) is 15.6. The molecule has 1 aromatic heterocycles. The minimum absolute atomic E-state index is 0.230. The average molecular weight is 381 g/mol. The molecule has 0 saturated carbocycles. The Bertz CT molecular complexity index is 923. The number of nitrogens with one attached hydrogen (secondary N) is 2. The lowest BCUT2D eigenvalue weighted by Gasteiger charge is -2.14. The van der Waals surface area contributed by atoms with Gasteiger partial charge in [0.25, 0.3) is 5.91 Å². The second-order valence-corrected chi connectivity index (χ2v) is 6.61. The molecule has 28 heavy (non-hydrogen) atoms. The molecule has 0 spiro atoms. The van der Waals surface area contributed by atoms with Crippen molar-refractivity contribution in [2.75, 3.05) is 13.2 Å². The number of ether oxygens (including phenoxy) is 1. The van der Waals surface area contributed by atoms with Crippen molar-refractivity contribution < 1.29 is 19.1 Å². The van der Waals surface area contributed by atoms with E-state index in [1.807, 2.05) is 24.3 Å². The Balaban J connectivity index is 1.79. The Morgan fingerprint density at radius 1 is 1.14 bits per heavy atom. The number of para-hydroxylation sites is 1. The summed E-state index contributed by atoms with van der Waals surface area (Å²) in [5.41, 5.74) is 3.05. The van der Waals surface area contributed by atoms with E-state index in [0.717, 1.165) is 54.3 Å². The van der Waals surface area contributed by atoms with Crippen LogP contribution in [0.2, 0.25) is 0 Å². The van der Waals surface area contributed by atoms with Crippen LogP contribution < -0.4 is 10.6 Å². The number of imide groups is 1. The Labute approximate surface area is 163 Å². The SMILES string of the molecule is C=CCNC(=O)NC(=O)COC(=O)c1c2c(nc3ccccc13)CCCCC2. The van der Waals surface area contributed by atoms with E-state index in [1.165, 1.54) is 6.08 Å². The third-order valence-corrected chi connectivity index (χ3v) is 4.62. The van der Waals surface area contributed by atoms with Crippen molar-refractivity contribution in [1.82, 2.24) is 15.6 Å². The molecule has 1 aliphatic carbocycles. The summed E-state index contributed by atoms with van der Waals surface area (Å²) in [6.45, 7) is 3.16. The molecule has 0 aliphatic heterocycles. The third kappa shape index (κ3) is 4.54. The first-order valence-electron chi connectivity index (χ1n) is 9.36. The molecule has 0 bridgehead atoms. The van der Waals surface area contributed by atoms with Gasteiger partial charge in [-0.3, -0.25) is 15.1 Å². The molecule has 0 fully saturated rings. The zero-order chi connectivity index (χ0) is 19.9. The predicted molar refractivity (Wildman–Crippen MR) is 105 cm³/mol. The van der Waals surface area contributed by atoms with E-state index >= 15 is 0 Å². The lowest BCUT2D eigenvalue weighted by molar-refractivity contribution is -0.123. The molecular weight excluding hydrogens is 358 g/mol. The van der Waals surface area contributed by atoms with Gasteiger partial charge in [-0.2, -0.15) is 0 Å². The number of fused-ring (bicyclic) bond motifs is 2. The Morgan fingerprint density at radius 3 is 2.75 bits per heavy atom. The van der Waals surface area contributed by atoms with Crippen molar-refractivity contribution in [3.05, 3.63) is 53.7 Å². The van der Waals surface area contributed by atoms with Gasteiger partial charge in [-0.05, 0) is 37.3 Å². The summed E-state index contributed by atoms with van der Waals surface area (Å²) in [5, 5.41) is 5.24. The van der Waals surface area contributed by atoms with Crippen molar-refractivity contribution in [2.45, 2.75) is 32.1 Å². The van der Waals surface area contributed by atoms with Gasteiger partial charge >= 0.3 is 12.0 Å². The van der Waals surface area contributed by atoms with Crippen LogP contribution in [0.5, 0.6) is 0 Å². The van der Waals surface area contributed by atoms with Crippen molar-refractivity contribution in [3.63, 3.8) is 0 Å². The van der Waals surface area contributed by atoms with Crippen molar-refractivity contribution in [2.24, 2.45) is 0 Å². The van der Waals surface area contributed by atoms with Gasteiger partial charge in [0.2, 0.25) is 0 Å². The highest BCUT2D eigenvalue weighted by molar-refractivity contribution is 6.06. The van der Waals surface area contributed by atoms with Crippen LogP contribution in [0.1, 0.15) is 40.9 Å². The van der Waals surface area contributed by atoms with Crippen LogP contribution in [0.4, 0.5) is 4.79 Å². The van der Waals surface area contributed by atoms with Crippen LogP contribution in [0.15, 0.2) is 36.9 Å². The van der Waals surface area contributed by atoms with Crippen molar-refractivity contribution in [3.8, 4) is 0 Å². The molecule has 3 rings (SSSR count). The van der Waals surface area contributed by atoms with E-state index in [1.54, 1.807) is 0 Å². The minimum Gasteiger partial charge on any atom is -0.452 e. The Kier molecular flexibility index (Phi) is 6.37. The van der Waals surface area contributed by atoms with Crippen LogP contribution in [0, 0.1) is 0 Å². The maximum absolute atomic E-state index is 12.9. The fraction of sp³-hybridized carbons (Fsp3) is 0.333. The normalized spacial score (nSPS) is 13.1. The summed E-state index contributed by atoms with van der Waals surface area (Å²) in [5.74, 6) is -1.27. The third-order valence-electron chi connectivity index (χ3n) is 4.62. The highest BCUT2D eigenvalue weighted by Gasteiger charge is 2.23. The largest absolute Gasteiger partial charge is 0.452 e. The fourth-order valence-corrected chi connectivity index (χ4v) is 3.36. The lowest BCUT2D eigenvalue weighted by atomic mass is 9.97. The number of esters is 1. The number of carbonyl (C=O) groups is 3. The van der Waals surface area contributed by atoms with E-state index in [-0.39, 0.29) is 6.54 Å². The molecule has 7 heteroatoms. The number of aryl methyl sites for hydroxylation is 1. The molecule has 0 unspecified atom stereocenters. The molecule has 3 amide bonds. The monoisotopic (exact) mass is 381 g/mol. The maximum atomic E-state index is 12.9. The molecule has 0 saturated heterocycles. The molecule has 146 valence electrons. The van der Waals surface area contributed by atoms with Crippen LogP contribution in [0.3, 0.4) is 0 Å². The first-order valence-corrected chi connectivity index (χ1v) is 9.36. The van der Waals surface area contributed by atoms with E-state index in [0.29, 0.717) is 5.56 Å². The van der Waals surface area contributed by atoms with Gasteiger partial charge in [0, 0.05) is 17.6 Å². The highest BCUT2D eigenvalue weighted by Crippen LogP contribution is 2.29. The number of rotatable bonds is 5. The number of hydrogen-bond acceptors (Lipinski definition) is 5. The molecule has 1 heterocycles. The topological polar surface area (TPSA) is 97.4 Å². The van der Waals surface area contributed by atoms with Gasteiger partial charge in [-0.15, -0.1) is 6.58 Å². The summed E-state index contributed by atoms with van der Waals surface area (Å²) in [6.07, 6.45) is 6.18. The first kappa shape index (κ1) is 19.5. The number of benzene rings is 1. The minimum atomic E-state index is -0.695.